The molecule has 0 saturated carbocycles. The van der Waals surface area contributed by atoms with Gasteiger partial charge in [-0.3, -0.25) is 0 Å². The third kappa shape index (κ3) is 8.52. The Kier molecular flexibility index (Phi) is 8.20. The maximum absolute atomic E-state index is 3.49. The van der Waals surface area contributed by atoms with Crippen molar-refractivity contribution in [3.63, 3.8) is 0 Å². The lowest BCUT2D eigenvalue weighted by molar-refractivity contribution is 0.303. The molecule has 0 aromatic heterocycles. The number of unbranched alkanes of at least 4 members (excludes halogenated alkanes) is 2. The van der Waals surface area contributed by atoms with Crippen molar-refractivity contribution in [1.29, 1.82) is 0 Å². The van der Waals surface area contributed by atoms with E-state index in [0.29, 0.717) is 5.41 Å². The molecular formula is C12H28N2. The van der Waals surface area contributed by atoms with E-state index in [-0.39, 0.29) is 0 Å². The SMILES string of the molecule is CCCCCC(C)(C)CNCCNC. The Labute approximate surface area is 89.9 Å². The Balaban J connectivity index is 3.40. The fraction of sp³-hybridized carbons (Fsp3) is 1.00. The highest BCUT2D eigenvalue weighted by Crippen LogP contribution is 2.22. The van der Waals surface area contributed by atoms with Gasteiger partial charge in [0.25, 0.3) is 0 Å². The Morgan fingerprint density at radius 2 is 1.79 bits per heavy atom. The van der Waals surface area contributed by atoms with Gasteiger partial charge in [0.1, 0.15) is 0 Å². The third-order valence-corrected chi connectivity index (χ3v) is 2.61. The van der Waals surface area contributed by atoms with Crippen LogP contribution in [0.25, 0.3) is 0 Å². The van der Waals surface area contributed by atoms with Crippen molar-refractivity contribution < 1.29 is 0 Å². The lowest BCUT2D eigenvalue weighted by Crippen LogP contribution is -2.33. The summed E-state index contributed by atoms with van der Waals surface area (Å²) < 4.78 is 0. The van der Waals surface area contributed by atoms with Gasteiger partial charge in [0.2, 0.25) is 0 Å². The average Bonchev–Trinajstić information content (AvgIpc) is 2.13. The Morgan fingerprint density at radius 1 is 1.07 bits per heavy atom. The third-order valence-electron chi connectivity index (χ3n) is 2.61. The van der Waals surface area contributed by atoms with Gasteiger partial charge in [-0.05, 0) is 18.9 Å². The summed E-state index contributed by atoms with van der Waals surface area (Å²) in [6, 6.07) is 0. The van der Waals surface area contributed by atoms with Crippen molar-refractivity contribution in [2.75, 3.05) is 26.7 Å². The van der Waals surface area contributed by atoms with Crippen molar-refractivity contribution in [2.45, 2.75) is 46.5 Å². The summed E-state index contributed by atoms with van der Waals surface area (Å²) >= 11 is 0. The number of rotatable bonds is 9. The predicted octanol–water partition coefficient (Wildman–Crippen LogP) is 2.40. The maximum Gasteiger partial charge on any atom is 0.00768 e. The van der Waals surface area contributed by atoms with Crippen molar-refractivity contribution >= 4 is 0 Å². The molecule has 0 aliphatic heterocycles. The first kappa shape index (κ1) is 13.9. The second-order valence-electron chi connectivity index (χ2n) is 4.90. The van der Waals surface area contributed by atoms with E-state index in [0.717, 1.165) is 19.6 Å². The molecule has 0 aromatic rings. The quantitative estimate of drug-likeness (QED) is 0.559. The molecule has 0 aliphatic carbocycles. The molecule has 0 fully saturated rings. The Hall–Kier alpha value is -0.0800. The van der Waals surface area contributed by atoms with E-state index >= 15 is 0 Å². The van der Waals surface area contributed by atoms with Crippen LogP contribution in [0.1, 0.15) is 46.5 Å². The molecule has 0 heterocycles. The van der Waals surface area contributed by atoms with Crippen molar-refractivity contribution in [1.82, 2.24) is 10.6 Å². The van der Waals surface area contributed by atoms with E-state index in [1.54, 1.807) is 0 Å². The van der Waals surface area contributed by atoms with Crippen molar-refractivity contribution in [3.8, 4) is 0 Å². The van der Waals surface area contributed by atoms with Gasteiger partial charge in [0.15, 0.2) is 0 Å². The van der Waals surface area contributed by atoms with Gasteiger partial charge in [-0.1, -0.05) is 40.0 Å². The van der Waals surface area contributed by atoms with Gasteiger partial charge in [-0.2, -0.15) is 0 Å². The van der Waals surface area contributed by atoms with Crippen LogP contribution in [0.4, 0.5) is 0 Å². The molecule has 2 N–H and O–H groups in total. The Morgan fingerprint density at radius 3 is 2.36 bits per heavy atom. The highest BCUT2D eigenvalue weighted by molar-refractivity contribution is 4.71. The van der Waals surface area contributed by atoms with Gasteiger partial charge in [0, 0.05) is 19.6 Å². The number of nitrogens with one attached hydrogen (secondary N) is 2. The number of hydrogen-bond acceptors (Lipinski definition) is 2. The highest BCUT2D eigenvalue weighted by atomic mass is 14.9. The summed E-state index contributed by atoms with van der Waals surface area (Å²) in [6.07, 6.45) is 5.41. The number of likely N-dealkylation sites (N-methyl/N-ethyl adjacent to an activating group) is 1. The zero-order valence-electron chi connectivity index (χ0n) is 10.4. The highest BCUT2D eigenvalue weighted by Gasteiger charge is 2.15. The lowest BCUT2D eigenvalue weighted by Gasteiger charge is -2.25. The summed E-state index contributed by atoms with van der Waals surface area (Å²) in [5, 5.41) is 6.63. The first-order valence-corrected chi connectivity index (χ1v) is 5.97. The maximum atomic E-state index is 3.49. The first-order valence-electron chi connectivity index (χ1n) is 5.97. The zero-order valence-corrected chi connectivity index (χ0v) is 10.4. The van der Waals surface area contributed by atoms with Crippen LogP contribution < -0.4 is 10.6 Å². The van der Waals surface area contributed by atoms with Crippen LogP contribution in [0.15, 0.2) is 0 Å². The lowest BCUT2D eigenvalue weighted by atomic mass is 9.87. The largest absolute Gasteiger partial charge is 0.318 e. The molecule has 0 aromatic carbocycles. The molecule has 0 spiro atoms. The molecule has 0 unspecified atom stereocenters. The van der Waals surface area contributed by atoms with E-state index in [1.165, 1.54) is 25.7 Å². The number of hydrogen-bond donors (Lipinski definition) is 2. The minimum Gasteiger partial charge on any atom is -0.318 e. The van der Waals surface area contributed by atoms with E-state index < -0.39 is 0 Å². The summed E-state index contributed by atoms with van der Waals surface area (Å²) in [5.41, 5.74) is 0.461. The van der Waals surface area contributed by atoms with Crippen LogP contribution in [0.3, 0.4) is 0 Å². The summed E-state index contributed by atoms with van der Waals surface area (Å²) in [5.74, 6) is 0. The predicted molar refractivity (Wildman–Crippen MR) is 64.7 cm³/mol. The minimum atomic E-state index is 0.461. The van der Waals surface area contributed by atoms with Crippen LogP contribution in [-0.2, 0) is 0 Å². The zero-order chi connectivity index (χ0) is 10.9. The van der Waals surface area contributed by atoms with Crippen LogP contribution in [0, 0.1) is 5.41 Å². The monoisotopic (exact) mass is 200 g/mol. The van der Waals surface area contributed by atoms with E-state index in [2.05, 4.69) is 31.4 Å². The Bertz CT molecular complexity index is 121. The average molecular weight is 200 g/mol. The van der Waals surface area contributed by atoms with Gasteiger partial charge in [-0.15, -0.1) is 0 Å². The van der Waals surface area contributed by atoms with Crippen LogP contribution in [0.2, 0.25) is 0 Å². The molecule has 0 saturated heterocycles. The summed E-state index contributed by atoms with van der Waals surface area (Å²) in [6.45, 7) is 10.2. The molecule has 0 rings (SSSR count). The second-order valence-corrected chi connectivity index (χ2v) is 4.90. The molecule has 0 amide bonds. The first-order chi connectivity index (χ1) is 6.62. The van der Waals surface area contributed by atoms with E-state index in [4.69, 9.17) is 0 Å². The molecule has 86 valence electrons. The molecule has 0 radical (unpaired) electrons. The summed E-state index contributed by atoms with van der Waals surface area (Å²) in [4.78, 5) is 0. The fourth-order valence-corrected chi connectivity index (χ4v) is 1.58. The van der Waals surface area contributed by atoms with Crippen LogP contribution in [0.5, 0.6) is 0 Å². The van der Waals surface area contributed by atoms with Crippen LogP contribution >= 0.6 is 0 Å². The molecule has 2 nitrogen and oxygen atoms in total. The summed E-state index contributed by atoms with van der Waals surface area (Å²) in [7, 11) is 1.99. The van der Waals surface area contributed by atoms with E-state index in [1.807, 2.05) is 7.05 Å². The molecule has 0 aliphatic rings. The standard InChI is InChI=1S/C12H28N2/c1-5-6-7-8-12(2,3)11-14-10-9-13-4/h13-14H,5-11H2,1-4H3. The normalized spacial score (nSPS) is 12.0. The van der Waals surface area contributed by atoms with Crippen LogP contribution in [-0.4, -0.2) is 26.7 Å². The smallest absolute Gasteiger partial charge is 0.00768 e. The molecule has 14 heavy (non-hydrogen) atoms. The van der Waals surface area contributed by atoms with Gasteiger partial charge in [0.05, 0.1) is 0 Å². The minimum absolute atomic E-state index is 0.461. The topological polar surface area (TPSA) is 24.1 Å². The molecule has 0 atom stereocenters. The van der Waals surface area contributed by atoms with E-state index in [9.17, 15) is 0 Å². The van der Waals surface area contributed by atoms with Crippen molar-refractivity contribution in [2.24, 2.45) is 5.41 Å². The molecule has 2 heteroatoms. The van der Waals surface area contributed by atoms with Gasteiger partial charge >= 0.3 is 0 Å². The van der Waals surface area contributed by atoms with Gasteiger partial charge in [-0.25, -0.2) is 0 Å². The van der Waals surface area contributed by atoms with Crippen molar-refractivity contribution in [3.05, 3.63) is 0 Å². The molecule has 0 bridgehead atoms. The second kappa shape index (κ2) is 8.25. The van der Waals surface area contributed by atoms with Gasteiger partial charge < -0.3 is 10.6 Å². The molecular weight excluding hydrogens is 172 g/mol. The fourth-order valence-electron chi connectivity index (χ4n) is 1.58.